The van der Waals surface area contributed by atoms with Crippen molar-refractivity contribution in [2.45, 2.75) is 25.8 Å². The van der Waals surface area contributed by atoms with Crippen molar-refractivity contribution in [2.75, 3.05) is 25.0 Å². The van der Waals surface area contributed by atoms with Crippen molar-refractivity contribution in [2.24, 2.45) is 0 Å². The minimum atomic E-state index is 0.0420. The van der Waals surface area contributed by atoms with E-state index in [1.807, 2.05) is 30.8 Å². The number of hydrogen-bond acceptors (Lipinski definition) is 4. The molecule has 4 rings (SSSR count). The average molecular weight is 366 g/mol. The molecule has 2 heterocycles. The van der Waals surface area contributed by atoms with Gasteiger partial charge in [0.2, 0.25) is 0 Å². The summed E-state index contributed by atoms with van der Waals surface area (Å²) >= 11 is 1.56. The van der Waals surface area contributed by atoms with E-state index in [1.165, 1.54) is 24.9 Å². The highest BCUT2D eigenvalue weighted by Gasteiger charge is 2.14. The van der Waals surface area contributed by atoms with Gasteiger partial charge in [0.1, 0.15) is 0 Å². The molecule has 3 aromatic rings. The lowest BCUT2D eigenvalue weighted by molar-refractivity contribution is 0.0785. The van der Waals surface area contributed by atoms with Crippen molar-refractivity contribution in [3.8, 4) is 0 Å². The van der Waals surface area contributed by atoms with Gasteiger partial charge in [0, 0.05) is 37.9 Å². The molecule has 0 spiro atoms. The van der Waals surface area contributed by atoms with Gasteiger partial charge >= 0.3 is 0 Å². The Morgan fingerprint density at radius 2 is 1.88 bits per heavy atom. The molecule has 5 heteroatoms. The van der Waals surface area contributed by atoms with Crippen LogP contribution in [0.4, 0.5) is 5.69 Å². The number of benzene rings is 2. The maximum Gasteiger partial charge on any atom is 0.253 e. The van der Waals surface area contributed by atoms with Gasteiger partial charge in [-0.15, -0.1) is 11.3 Å². The van der Waals surface area contributed by atoms with Crippen LogP contribution in [0.5, 0.6) is 0 Å². The van der Waals surface area contributed by atoms with Crippen LogP contribution in [0.1, 0.15) is 35.2 Å². The number of carbonyl (C=O) groups is 1. The van der Waals surface area contributed by atoms with E-state index in [1.54, 1.807) is 16.2 Å². The summed E-state index contributed by atoms with van der Waals surface area (Å²) in [6.07, 6.45) is 3.90. The summed E-state index contributed by atoms with van der Waals surface area (Å²) in [6.45, 7) is 2.91. The number of fused-ring (bicyclic) bond motifs is 1. The molecule has 1 aliphatic heterocycles. The Balaban J connectivity index is 1.43. The van der Waals surface area contributed by atoms with Crippen LogP contribution in [0.25, 0.3) is 10.2 Å². The van der Waals surface area contributed by atoms with Crippen LogP contribution in [-0.4, -0.2) is 35.9 Å². The highest BCUT2D eigenvalue weighted by molar-refractivity contribution is 7.16. The quantitative estimate of drug-likeness (QED) is 0.680. The van der Waals surface area contributed by atoms with Gasteiger partial charge in [-0.2, -0.15) is 0 Å². The maximum absolute atomic E-state index is 12.7. The van der Waals surface area contributed by atoms with Gasteiger partial charge in [-0.25, -0.2) is 4.98 Å². The van der Waals surface area contributed by atoms with Crippen LogP contribution < -0.4 is 4.90 Å². The first-order valence-corrected chi connectivity index (χ1v) is 10.0. The van der Waals surface area contributed by atoms with Crippen molar-refractivity contribution < 1.29 is 4.79 Å². The number of rotatable bonds is 4. The molecule has 1 amide bonds. The molecule has 26 heavy (non-hydrogen) atoms. The Hall–Kier alpha value is -2.40. The highest BCUT2D eigenvalue weighted by atomic mass is 32.1. The molecule has 0 saturated carbocycles. The molecule has 0 N–H and O–H groups in total. The Morgan fingerprint density at radius 3 is 2.65 bits per heavy atom. The first kappa shape index (κ1) is 17.0. The van der Waals surface area contributed by atoms with Gasteiger partial charge < -0.3 is 9.80 Å². The van der Waals surface area contributed by atoms with E-state index in [4.69, 9.17) is 0 Å². The fourth-order valence-corrected chi connectivity index (χ4v) is 4.23. The summed E-state index contributed by atoms with van der Waals surface area (Å²) in [7, 11) is 1.86. The van der Waals surface area contributed by atoms with Crippen LogP contribution in [0.3, 0.4) is 0 Å². The maximum atomic E-state index is 12.7. The second kappa shape index (κ2) is 7.46. The van der Waals surface area contributed by atoms with E-state index in [0.29, 0.717) is 12.1 Å². The normalized spacial score (nSPS) is 14.6. The van der Waals surface area contributed by atoms with Crippen LogP contribution in [0.15, 0.2) is 48.0 Å². The monoisotopic (exact) mass is 365 g/mol. The van der Waals surface area contributed by atoms with Gasteiger partial charge in [-0.3, -0.25) is 4.79 Å². The van der Waals surface area contributed by atoms with Crippen LogP contribution in [-0.2, 0) is 6.54 Å². The lowest BCUT2D eigenvalue weighted by Gasteiger charge is -2.29. The number of aromatic nitrogens is 1. The van der Waals surface area contributed by atoms with Crippen molar-refractivity contribution >= 4 is 33.1 Å². The largest absolute Gasteiger partial charge is 0.372 e. The fraction of sp³-hybridized carbons (Fsp3) is 0.333. The second-order valence-electron chi connectivity index (χ2n) is 6.91. The molecule has 0 bridgehead atoms. The van der Waals surface area contributed by atoms with Gasteiger partial charge in [-0.05, 0) is 55.2 Å². The number of thiazole rings is 1. The number of amides is 1. The van der Waals surface area contributed by atoms with Crippen molar-refractivity contribution in [1.29, 1.82) is 0 Å². The summed E-state index contributed by atoms with van der Waals surface area (Å²) in [5.41, 5.74) is 5.92. The average Bonchev–Trinajstić information content (AvgIpc) is 3.16. The standard InChI is InChI=1S/C21H23N3OS/c1-23(21(25)17-7-10-19-20(13-17)26-15-22-19)14-16-5-8-18(9-6-16)24-11-3-2-4-12-24/h5-10,13,15H,2-4,11-12,14H2,1H3. The number of carbonyl (C=O) groups excluding carboxylic acids is 1. The lowest BCUT2D eigenvalue weighted by Crippen LogP contribution is -2.29. The van der Waals surface area contributed by atoms with E-state index in [2.05, 4.69) is 34.1 Å². The topological polar surface area (TPSA) is 36.4 Å². The van der Waals surface area contributed by atoms with Crippen LogP contribution in [0.2, 0.25) is 0 Å². The summed E-state index contributed by atoms with van der Waals surface area (Å²) in [5, 5.41) is 0. The molecule has 0 aliphatic carbocycles. The first-order chi connectivity index (χ1) is 12.7. The molecule has 134 valence electrons. The molecule has 1 aliphatic rings. The number of piperidine rings is 1. The summed E-state index contributed by atoms with van der Waals surface area (Å²) < 4.78 is 1.05. The van der Waals surface area contributed by atoms with E-state index < -0.39 is 0 Å². The molecule has 1 aromatic heterocycles. The van der Waals surface area contributed by atoms with Crippen molar-refractivity contribution in [3.05, 3.63) is 59.1 Å². The molecule has 0 radical (unpaired) electrons. The third kappa shape index (κ3) is 3.58. The smallest absolute Gasteiger partial charge is 0.253 e. The zero-order chi connectivity index (χ0) is 17.9. The van der Waals surface area contributed by atoms with Gasteiger partial charge in [0.05, 0.1) is 15.7 Å². The van der Waals surface area contributed by atoms with Crippen molar-refractivity contribution in [3.63, 3.8) is 0 Å². The Kier molecular flexibility index (Phi) is 4.89. The van der Waals surface area contributed by atoms with E-state index in [0.717, 1.165) is 28.9 Å². The Bertz CT molecular complexity index is 897. The fourth-order valence-electron chi connectivity index (χ4n) is 3.52. The first-order valence-electron chi connectivity index (χ1n) is 9.13. The predicted molar refractivity (Wildman–Crippen MR) is 108 cm³/mol. The zero-order valence-corrected chi connectivity index (χ0v) is 15.8. The minimum absolute atomic E-state index is 0.0420. The number of nitrogens with zero attached hydrogens (tertiary/aromatic N) is 3. The molecule has 0 atom stereocenters. The van der Waals surface area contributed by atoms with Crippen LogP contribution in [0, 0.1) is 0 Å². The Labute approximate surface area is 158 Å². The number of hydrogen-bond donors (Lipinski definition) is 0. The Morgan fingerprint density at radius 1 is 1.12 bits per heavy atom. The SMILES string of the molecule is CN(Cc1ccc(N2CCCCC2)cc1)C(=O)c1ccc2ncsc2c1. The third-order valence-electron chi connectivity index (χ3n) is 5.00. The molecule has 2 aromatic carbocycles. The van der Waals surface area contributed by atoms with Crippen molar-refractivity contribution in [1.82, 2.24) is 9.88 Å². The zero-order valence-electron chi connectivity index (χ0n) is 15.0. The second-order valence-corrected chi connectivity index (χ2v) is 7.80. The van der Waals surface area contributed by atoms with Gasteiger partial charge in [-0.1, -0.05) is 12.1 Å². The predicted octanol–water partition coefficient (Wildman–Crippen LogP) is 4.56. The van der Waals surface area contributed by atoms with E-state index >= 15 is 0 Å². The summed E-state index contributed by atoms with van der Waals surface area (Å²) in [6, 6.07) is 14.4. The molecule has 1 saturated heterocycles. The van der Waals surface area contributed by atoms with E-state index in [9.17, 15) is 4.79 Å². The number of anilines is 1. The van der Waals surface area contributed by atoms with Gasteiger partial charge in [0.15, 0.2) is 0 Å². The molecule has 0 unspecified atom stereocenters. The summed E-state index contributed by atoms with van der Waals surface area (Å²) in [4.78, 5) is 21.2. The third-order valence-corrected chi connectivity index (χ3v) is 5.79. The molecular formula is C21H23N3OS. The minimum Gasteiger partial charge on any atom is -0.372 e. The molecular weight excluding hydrogens is 342 g/mol. The summed E-state index contributed by atoms with van der Waals surface area (Å²) in [5.74, 6) is 0.0420. The molecule has 4 nitrogen and oxygen atoms in total. The highest BCUT2D eigenvalue weighted by Crippen LogP contribution is 2.22. The van der Waals surface area contributed by atoms with Gasteiger partial charge in [0.25, 0.3) is 5.91 Å². The lowest BCUT2D eigenvalue weighted by atomic mass is 10.1. The van der Waals surface area contributed by atoms with Crippen LogP contribution >= 0.6 is 11.3 Å². The van der Waals surface area contributed by atoms with E-state index in [-0.39, 0.29) is 5.91 Å². The molecule has 1 fully saturated rings.